The van der Waals surface area contributed by atoms with Crippen LogP contribution in [0.15, 0.2) is 83.9 Å². The number of anilines is 1. The van der Waals surface area contributed by atoms with Crippen molar-refractivity contribution in [1.29, 1.82) is 0 Å². The average molecular weight is 504 g/mol. The quantitative estimate of drug-likeness (QED) is 0.328. The van der Waals surface area contributed by atoms with Crippen LogP contribution in [0.4, 0.5) is 18.9 Å². The molecule has 0 bridgehead atoms. The highest BCUT2D eigenvalue weighted by molar-refractivity contribution is 7.92. The average Bonchev–Trinajstić information content (AvgIpc) is 3.30. The fourth-order valence-electron chi connectivity index (χ4n) is 3.48. The SMILES string of the molecule is O=S(=O)(Nc1ccc(F)c(C#Cc2cnc3[nH]nc(-c4ccc(F)cc4)c3c2)c1F)c1ccccc1. The Labute approximate surface area is 203 Å². The molecular weight excluding hydrogens is 489 g/mol. The third-order valence-corrected chi connectivity index (χ3v) is 6.64. The molecule has 0 amide bonds. The molecule has 0 unspecified atom stereocenters. The number of halogens is 3. The summed E-state index contributed by atoms with van der Waals surface area (Å²) in [6.07, 6.45) is 1.40. The predicted octanol–water partition coefficient (Wildman–Crippen LogP) is 5.24. The number of aromatic amines is 1. The molecule has 6 nitrogen and oxygen atoms in total. The molecule has 2 N–H and O–H groups in total. The maximum atomic E-state index is 15.1. The number of nitrogens with one attached hydrogen (secondary N) is 2. The molecule has 0 saturated heterocycles. The van der Waals surface area contributed by atoms with Crippen molar-refractivity contribution >= 4 is 26.7 Å². The zero-order chi connectivity index (χ0) is 25.3. The van der Waals surface area contributed by atoms with Gasteiger partial charge in [0.2, 0.25) is 0 Å². The molecular formula is C26H15F3N4O2S. The number of hydrogen-bond donors (Lipinski definition) is 2. The molecule has 0 saturated carbocycles. The fourth-order valence-corrected chi connectivity index (χ4v) is 4.56. The second-order valence-corrected chi connectivity index (χ2v) is 9.33. The minimum atomic E-state index is -4.09. The van der Waals surface area contributed by atoms with Gasteiger partial charge in [-0.25, -0.2) is 26.6 Å². The summed E-state index contributed by atoms with van der Waals surface area (Å²) in [6, 6.07) is 16.7. The Balaban J connectivity index is 1.49. The molecule has 2 heterocycles. The van der Waals surface area contributed by atoms with Gasteiger partial charge in [-0.2, -0.15) is 5.10 Å². The molecule has 0 spiro atoms. The van der Waals surface area contributed by atoms with Crippen LogP contribution in [-0.4, -0.2) is 23.6 Å². The minimum absolute atomic E-state index is 0.0715. The standard InChI is InChI=1S/C26H15F3N4O2S/c27-18-9-7-17(8-10-18)25-21-14-16(15-30-26(21)32-31-25)6-11-20-22(28)12-13-23(24(20)29)33-36(34,35)19-4-2-1-3-5-19/h1-5,7-10,12-15,33H,(H,30,31,32). The van der Waals surface area contributed by atoms with E-state index in [4.69, 9.17) is 0 Å². The topological polar surface area (TPSA) is 87.7 Å². The molecule has 0 aliphatic carbocycles. The molecule has 10 heteroatoms. The summed E-state index contributed by atoms with van der Waals surface area (Å²) in [5.41, 5.74) is 0.901. The lowest BCUT2D eigenvalue weighted by molar-refractivity contribution is 0.578. The first-order chi connectivity index (χ1) is 17.3. The van der Waals surface area contributed by atoms with E-state index in [1.807, 2.05) is 0 Å². The Morgan fingerprint density at radius 1 is 0.889 bits per heavy atom. The third-order valence-electron chi connectivity index (χ3n) is 5.25. The van der Waals surface area contributed by atoms with E-state index in [0.717, 1.165) is 12.1 Å². The second kappa shape index (κ2) is 9.20. The Bertz CT molecular complexity index is 1760. The van der Waals surface area contributed by atoms with Gasteiger partial charge in [0.25, 0.3) is 10.0 Å². The summed E-state index contributed by atoms with van der Waals surface area (Å²) in [5, 5.41) is 7.57. The summed E-state index contributed by atoms with van der Waals surface area (Å²) in [7, 11) is -4.09. The first-order valence-electron chi connectivity index (χ1n) is 10.5. The van der Waals surface area contributed by atoms with Crippen LogP contribution >= 0.6 is 0 Å². The van der Waals surface area contributed by atoms with Crippen LogP contribution in [0.3, 0.4) is 0 Å². The normalized spacial score (nSPS) is 11.2. The van der Waals surface area contributed by atoms with Gasteiger partial charge in [0.1, 0.15) is 17.3 Å². The number of rotatable bonds is 4. The van der Waals surface area contributed by atoms with Crippen molar-refractivity contribution in [3.8, 4) is 23.1 Å². The molecule has 0 atom stereocenters. The Morgan fingerprint density at radius 3 is 2.39 bits per heavy atom. The summed E-state index contributed by atoms with van der Waals surface area (Å²) >= 11 is 0. The number of nitrogens with zero attached hydrogens (tertiary/aromatic N) is 2. The zero-order valence-electron chi connectivity index (χ0n) is 18.3. The van der Waals surface area contributed by atoms with Gasteiger partial charge in [0.05, 0.1) is 16.1 Å². The van der Waals surface area contributed by atoms with Crippen LogP contribution in [0.25, 0.3) is 22.3 Å². The Kier molecular flexibility index (Phi) is 5.91. The van der Waals surface area contributed by atoms with Crippen LogP contribution in [0.1, 0.15) is 11.1 Å². The lowest BCUT2D eigenvalue weighted by Crippen LogP contribution is -2.14. The van der Waals surface area contributed by atoms with Crippen molar-refractivity contribution in [2.24, 2.45) is 0 Å². The smallest absolute Gasteiger partial charge is 0.261 e. The Hall–Kier alpha value is -4.62. The maximum absolute atomic E-state index is 15.1. The lowest BCUT2D eigenvalue weighted by atomic mass is 10.1. The van der Waals surface area contributed by atoms with E-state index in [0.29, 0.717) is 27.9 Å². The summed E-state index contributed by atoms with van der Waals surface area (Å²) in [4.78, 5) is 4.16. The van der Waals surface area contributed by atoms with Crippen molar-refractivity contribution < 1.29 is 21.6 Å². The van der Waals surface area contributed by atoms with E-state index in [9.17, 15) is 17.2 Å². The highest BCUT2D eigenvalue weighted by Crippen LogP contribution is 2.27. The van der Waals surface area contributed by atoms with Crippen LogP contribution in [-0.2, 0) is 10.0 Å². The van der Waals surface area contributed by atoms with Crippen molar-refractivity contribution in [2.45, 2.75) is 4.90 Å². The summed E-state index contributed by atoms with van der Waals surface area (Å²) in [5.74, 6) is 2.61. The van der Waals surface area contributed by atoms with E-state index in [-0.39, 0.29) is 10.7 Å². The van der Waals surface area contributed by atoms with Crippen LogP contribution in [0.2, 0.25) is 0 Å². The van der Waals surface area contributed by atoms with E-state index in [1.165, 1.54) is 42.6 Å². The zero-order valence-corrected chi connectivity index (χ0v) is 19.1. The van der Waals surface area contributed by atoms with Gasteiger partial charge in [-0.05, 0) is 54.6 Å². The maximum Gasteiger partial charge on any atom is 0.261 e. The third kappa shape index (κ3) is 4.52. The van der Waals surface area contributed by atoms with Crippen molar-refractivity contribution in [3.05, 3.63) is 108 Å². The van der Waals surface area contributed by atoms with Gasteiger partial charge < -0.3 is 0 Å². The predicted molar refractivity (Wildman–Crippen MR) is 129 cm³/mol. The van der Waals surface area contributed by atoms with Crippen LogP contribution in [0.5, 0.6) is 0 Å². The fraction of sp³-hybridized carbons (Fsp3) is 0. The number of hydrogen-bond acceptors (Lipinski definition) is 4. The van der Waals surface area contributed by atoms with E-state index in [1.54, 1.807) is 24.3 Å². The number of fused-ring (bicyclic) bond motifs is 1. The molecule has 2 aromatic heterocycles. The molecule has 0 aliphatic rings. The number of benzene rings is 3. The number of H-pyrrole nitrogens is 1. The van der Waals surface area contributed by atoms with Crippen molar-refractivity contribution in [3.63, 3.8) is 0 Å². The number of aromatic nitrogens is 3. The first-order valence-corrected chi connectivity index (χ1v) is 12.0. The monoisotopic (exact) mass is 504 g/mol. The molecule has 178 valence electrons. The molecule has 5 aromatic rings. The van der Waals surface area contributed by atoms with Gasteiger partial charge in [-0.15, -0.1) is 0 Å². The Morgan fingerprint density at radius 2 is 1.64 bits per heavy atom. The molecule has 0 aliphatic heterocycles. The van der Waals surface area contributed by atoms with Gasteiger partial charge in [-0.1, -0.05) is 30.0 Å². The van der Waals surface area contributed by atoms with Crippen molar-refractivity contribution in [1.82, 2.24) is 15.2 Å². The van der Waals surface area contributed by atoms with Crippen LogP contribution < -0.4 is 4.72 Å². The molecule has 36 heavy (non-hydrogen) atoms. The molecule has 3 aromatic carbocycles. The summed E-state index contributed by atoms with van der Waals surface area (Å²) < 4.78 is 70.0. The van der Waals surface area contributed by atoms with Crippen molar-refractivity contribution in [2.75, 3.05) is 4.72 Å². The van der Waals surface area contributed by atoms with Gasteiger partial charge >= 0.3 is 0 Å². The molecule has 5 rings (SSSR count). The minimum Gasteiger partial charge on any atom is -0.277 e. The first kappa shape index (κ1) is 23.1. The van der Waals surface area contributed by atoms with Crippen LogP contribution in [0, 0.1) is 29.3 Å². The largest absolute Gasteiger partial charge is 0.277 e. The lowest BCUT2D eigenvalue weighted by Gasteiger charge is -2.10. The van der Waals surface area contributed by atoms with Gasteiger partial charge in [-0.3, -0.25) is 9.82 Å². The number of pyridine rings is 1. The van der Waals surface area contributed by atoms with E-state index in [2.05, 4.69) is 31.7 Å². The molecule has 0 fully saturated rings. The highest BCUT2D eigenvalue weighted by Gasteiger charge is 2.19. The summed E-state index contributed by atoms with van der Waals surface area (Å²) in [6.45, 7) is 0. The molecule has 0 radical (unpaired) electrons. The highest BCUT2D eigenvalue weighted by atomic mass is 32.2. The number of sulfonamides is 1. The van der Waals surface area contributed by atoms with Gasteiger partial charge in [0, 0.05) is 22.7 Å². The van der Waals surface area contributed by atoms with E-state index < -0.39 is 32.9 Å². The van der Waals surface area contributed by atoms with Gasteiger partial charge in [0.15, 0.2) is 11.5 Å². The second-order valence-electron chi connectivity index (χ2n) is 7.65. The van der Waals surface area contributed by atoms with E-state index >= 15 is 4.39 Å².